The number of benzene rings is 2. The van der Waals surface area contributed by atoms with E-state index >= 15 is 0 Å². The van der Waals surface area contributed by atoms with Crippen LogP contribution in [0.25, 0.3) is 11.1 Å². The van der Waals surface area contributed by atoms with Crippen LogP contribution in [0.3, 0.4) is 0 Å². The standard InChI is InChI=1S/C16H15Cl2NO3/c1-21-16(20)11-7-10(8-12(9-11)22-6-5-19)13-3-2-4-14(17)15(13)18/h2-4,7-9H,5-6,19H2,1H3. The molecule has 0 aliphatic rings. The first-order chi connectivity index (χ1) is 10.6. The number of hydrogen-bond donors (Lipinski definition) is 1. The summed E-state index contributed by atoms with van der Waals surface area (Å²) in [7, 11) is 1.32. The van der Waals surface area contributed by atoms with Crippen molar-refractivity contribution < 1.29 is 14.3 Å². The first-order valence-corrected chi connectivity index (χ1v) is 7.33. The molecule has 0 aliphatic carbocycles. The van der Waals surface area contributed by atoms with Gasteiger partial charge < -0.3 is 15.2 Å². The molecule has 0 amide bonds. The van der Waals surface area contributed by atoms with Crippen molar-refractivity contribution in [3.8, 4) is 16.9 Å². The van der Waals surface area contributed by atoms with E-state index < -0.39 is 5.97 Å². The van der Waals surface area contributed by atoms with Gasteiger partial charge >= 0.3 is 5.97 Å². The van der Waals surface area contributed by atoms with Crippen molar-refractivity contribution in [1.82, 2.24) is 0 Å². The quantitative estimate of drug-likeness (QED) is 0.842. The third kappa shape index (κ3) is 3.71. The molecule has 0 bridgehead atoms. The predicted octanol–water partition coefficient (Wildman–Crippen LogP) is 3.78. The second-order valence-corrected chi connectivity index (χ2v) is 5.26. The average molecular weight is 340 g/mol. The van der Waals surface area contributed by atoms with E-state index in [0.29, 0.717) is 45.6 Å². The Balaban J connectivity index is 2.54. The van der Waals surface area contributed by atoms with Crippen LogP contribution < -0.4 is 10.5 Å². The Labute approximate surface area is 138 Å². The van der Waals surface area contributed by atoms with Gasteiger partial charge in [-0.1, -0.05) is 35.3 Å². The van der Waals surface area contributed by atoms with E-state index in [1.807, 2.05) is 6.07 Å². The number of halogens is 2. The molecule has 116 valence electrons. The fourth-order valence-corrected chi connectivity index (χ4v) is 2.39. The van der Waals surface area contributed by atoms with Crippen LogP contribution in [0.1, 0.15) is 10.4 Å². The molecule has 0 saturated heterocycles. The van der Waals surface area contributed by atoms with Gasteiger partial charge in [0, 0.05) is 12.1 Å². The minimum absolute atomic E-state index is 0.341. The minimum atomic E-state index is -0.461. The summed E-state index contributed by atoms with van der Waals surface area (Å²) in [5, 5.41) is 0.850. The van der Waals surface area contributed by atoms with Crippen LogP contribution >= 0.6 is 23.2 Å². The largest absolute Gasteiger partial charge is 0.492 e. The smallest absolute Gasteiger partial charge is 0.338 e. The molecule has 22 heavy (non-hydrogen) atoms. The van der Waals surface area contributed by atoms with Crippen LogP contribution in [0.4, 0.5) is 0 Å². The number of carbonyl (C=O) groups is 1. The van der Waals surface area contributed by atoms with Crippen molar-refractivity contribution in [1.29, 1.82) is 0 Å². The van der Waals surface area contributed by atoms with Crippen LogP contribution in [0, 0.1) is 0 Å². The third-order valence-corrected chi connectivity index (χ3v) is 3.80. The summed E-state index contributed by atoms with van der Waals surface area (Å²) in [5.74, 6) is 0.0528. The maximum absolute atomic E-state index is 11.8. The SMILES string of the molecule is COC(=O)c1cc(OCCN)cc(-c2cccc(Cl)c2Cl)c1. The molecule has 0 spiro atoms. The zero-order chi connectivity index (χ0) is 16.1. The van der Waals surface area contributed by atoms with Crippen molar-refractivity contribution in [2.45, 2.75) is 0 Å². The molecule has 0 fully saturated rings. The highest BCUT2D eigenvalue weighted by Crippen LogP contribution is 2.35. The Bertz CT molecular complexity index is 689. The highest BCUT2D eigenvalue weighted by atomic mass is 35.5. The summed E-state index contributed by atoms with van der Waals surface area (Å²) in [6, 6.07) is 10.4. The Morgan fingerprint density at radius 3 is 2.68 bits per heavy atom. The monoisotopic (exact) mass is 339 g/mol. The topological polar surface area (TPSA) is 61.5 Å². The number of ether oxygens (including phenoxy) is 2. The van der Waals surface area contributed by atoms with Crippen LogP contribution in [0.15, 0.2) is 36.4 Å². The summed E-state index contributed by atoms with van der Waals surface area (Å²) >= 11 is 12.3. The molecule has 2 N–H and O–H groups in total. The highest BCUT2D eigenvalue weighted by Gasteiger charge is 2.13. The van der Waals surface area contributed by atoms with Gasteiger partial charge in [-0.25, -0.2) is 4.79 Å². The number of rotatable bonds is 5. The summed E-state index contributed by atoms with van der Waals surface area (Å²) < 4.78 is 10.3. The molecule has 2 aromatic rings. The van der Waals surface area contributed by atoms with Crippen molar-refractivity contribution in [3.05, 3.63) is 52.0 Å². The van der Waals surface area contributed by atoms with Gasteiger partial charge in [-0.3, -0.25) is 0 Å². The van der Waals surface area contributed by atoms with E-state index in [2.05, 4.69) is 0 Å². The third-order valence-electron chi connectivity index (χ3n) is 2.98. The van der Waals surface area contributed by atoms with E-state index in [9.17, 15) is 4.79 Å². The molecule has 0 aromatic heterocycles. The highest BCUT2D eigenvalue weighted by molar-refractivity contribution is 6.43. The van der Waals surface area contributed by atoms with Gasteiger partial charge in [-0.15, -0.1) is 0 Å². The number of methoxy groups -OCH3 is 1. The number of esters is 1. The zero-order valence-electron chi connectivity index (χ0n) is 11.9. The fourth-order valence-electron chi connectivity index (χ4n) is 1.98. The molecule has 0 saturated carbocycles. The van der Waals surface area contributed by atoms with E-state index in [-0.39, 0.29) is 0 Å². The molecule has 2 aromatic carbocycles. The van der Waals surface area contributed by atoms with Gasteiger partial charge in [0.15, 0.2) is 0 Å². The lowest BCUT2D eigenvalue weighted by Crippen LogP contribution is -2.11. The summed E-state index contributed by atoms with van der Waals surface area (Å²) in [6.45, 7) is 0.711. The first kappa shape index (κ1) is 16.6. The van der Waals surface area contributed by atoms with Crippen molar-refractivity contribution in [3.63, 3.8) is 0 Å². The molecule has 2 rings (SSSR count). The lowest BCUT2D eigenvalue weighted by molar-refractivity contribution is 0.0600. The number of hydrogen-bond acceptors (Lipinski definition) is 4. The van der Waals surface area contributed by atoms with Gasteiger partial charge in [0.2, 0.25) is 0 Å². The molecule has 0 radical (unpaired) electrons. The van der Waals surface area contributed by atoms with E-state index in [1.165, 1.54) is 7.11 Å². The molecule has 0 atom stereocenters. The van der Waals surface area contributed by atoms with Crippen LogP contribution in [0.5, 0.6) is 5.75 Å². The van der Waals surface area contributed by atoms with Crippen molar-refractivity contribution >= 4 is 29.2 Å². The summed E-state index contributed by atoms with van der Waals surface area (Å²) in [6.07, 6.45) is 0. The molecule has 6 heteroatoms. The van der Waals surface area contributed by atoms with Crippen molar-refractivity contribution in [2.75, 3.05) is 20.3 Å². The Kier molecular flexibility index (Phi) is 5.66. The molecule has 0 aliphatic heterocycles. The number of nitrogens with two attached hydrogens (primary N) is 1. The van der Waals surface area contributed by atoms with Gasteiger partial charge in [-0.05, 0) is 29.8 Å². The lowest BCUT2D eigenvalue weighted by atomic mass is 10.0. The van der Waals surface area contributed by atoms with Gasteiger partial charge in [0.05, 0.1) is 22.7 Å². The average Bonchev–Trinajstić information content (AvgIpc) is 2.54. The Morgan fingerprint density at radius 1 is 1.23 bits per heavy atom. The van der Waals surface area contributed by atoms with Crippen LogP contribution in [-0.4, -0.2) is 26.2 Å². The van der Waals surface area contributed by atoms with Gasteiger partial charge in [0.25, 0.3) is 0 Å². The first-order valence-electron chi connectivity index (χ1n) is 6.57. The van der Waals surface area contributed by atoms with Gasteiger partial charge in [0.1, 0.15) is 12.4 Å². The fraction of sp³-hybridized carbons (Fsp3) is 0.188. The Morgan fingerprint density at radius 2 is 2.00 bits per heavy atom. The molecular weight excluding hydrogens is 325 g/mol. The number of carbonyl (C=O) groups excluding carboxylic acids is 1. The molecule has 4 nitrogen and oxygen atoms in total. The normalized spacial score (nSPS) is 10.4. The minimum Gasteiger partial charge on any atom is -0.492 e. The summed E-state index contributed by atoms with van der Waals surface area (Å²) in [5.41, 5.74) is 7.22. The summed E-state index contributed by atoms with van der Waals surface area (Å²) in [4.78, 5) is 11.8. The van der Waals surface area contributed by atoms with E-state index in [1.54, 1.807) is 30.3 Å². The second kappa shape index (κ2) is 7.49. The van der Waals surface area contributed by atoms with Crippen LogP contribution in [-0.2, 0) is 4.74 Å². The van der Waals surface area contributed by atoms with Crippen LogP contribution in [0.2, 0.25) is 10.0 Å². The molecular formula is C16H15Cl2NO3. The maximum Gasteiger partial charge on any atom is 0.338 e. The maximum atomic E-state index is 11.8. The Hall–Kier alpha value is -1.75. The lowest BCUT2D eigenvalue weighted by Gasteiger charge is -2.12. The van der Waals surface area contributed by atoms with Crippen molar-refractivity contribution in [2.24, 2.45) is 5.73 Å². The van der Waals surface area contributed by atoms with E-state index in [4.69, 9.17) is 38.4 Å². The predicted molar refractivity (Wildman–Crippen MR) is 87.8 cm³/mol. The second-order valence-electron chi connectivity index (χ2n) is 4.48. The zero-order valence-corrected chi connectivity index (χ0v) is 13.4. The van der Waals surface area contributed by atoms with E-state index in [0.717, 1.165) is 0 Å². The molecule has 0 unspecified atom stereocenters. The van der Waals surface area contributed by atoms with Gasteiger partial charge in [-0.2, -0.15) is 0 Å². The molecule has 0 heterocycles.